The lowest BCUT2D eigenvalue weighted by atomic mass is 10.1. The van der Waals surface area contributed by atoms with Gasteiger partial charge >= 0.3 is 5.97 Å². The molecule has 0 atom stereocenters. The third-order valence-electron chi connectivity index (χ3n) is 3.95. The fourth-order valence-corrected chi connectivity index (χ4v) is 2.66. The molecular formula is C18H17N3O2. The van der Waals surface area contributed by atoms with E-state index in [9.17, 15) is 9.90 Å². The predicted molar refractivity (Wildman–Crippen MR) is 90.3 cm³/mol. The molecule has 0 saturated carbocycles. The summed E-state index contributed by atoms with van der Waals surface area (Å²) >= 11 is 0. The summed E-state index contributed by atoms with van der Waals surface area (Å²) in [6.45, 7) is 3.94. The Bertz CT molecular complexity index is 939. The molecule has 3 aromatic rings. The topological polar surface area (TPSA) is 68.0 Å². The van der Waals surface area contributed by atoms with Gasteiger partial charge in [-0.1, -0.05) is 18.2 Å². The Balaban J connectivity index is 2.10. The Morgan fingerprint density at radius 1 is 1.22 bits per heavy atom. The van der Waals surface area contributed by atoms with Crippen LogP contribution >= 0.6 is 0 Å². The van der Waals surface area contributed by atoms with Crippen molar-refractivity contribution in [1.82, 2.24) is 14.8 Å². The number of carboxylic acid groups (broad SMARTS) is 1. The van der Waals surface area contributed by atoms with Crippen molar-refractivity contribution in [3.8, 4) is 0 Å². The van der Waals surface area contributed by atoms with E-state index in [0.717, 1.165) is 17.0 Å². The van der Waals surface area contributed by atoms with E-state index in [1.807, 2.05) is 55.9 Å². The Morgan fingerprint density at radius 3 is 2.61 bits per heavy atom. The lowest BCUT2D eigenvalue weighted by Gasteiger charge is -2.04. The van der Waals surface area contributed by atoms with E-state index in [2.05, 4.69) is 10.1 Å². The zero-order chi connectivity index (χ0) is 16.6. The molecule has 1 aromatic carbocycles. The van der Waals surface area contributed by atoms with Gasteiger partial charge in [0.2, 0.25) is 0 Å². The van der Waals surface area contributed by atoms with Crippen molar-refractivity contribution in [3.05, 3.63) is 58.5 Å². The SMILES string of the molecule is Cc1nn(C)c(C)c1C=Cc1cc(C(=O)O)c2ccccc2n1. The van der Waals surface area contributed by atoms with Gasteiger partial charge in [-0.05, 0) is 38.1 Å². The number of aromatic carboxylic acids is 1. The molecule has 0 aliphatic rings. The second-order valence-corrected chi connectivity index (χ2v) is 5.46. The van der Waals surface area contributed by atoms with E-state index in [1.165, 1.54) is 0 Å². The van der Waals surface area contributed by atoms with Crippen molar-refractivity contribution in [2.75, 3.05) is 0 Å². The van der Waals surface area contributed by atoms with Crippen molar-refractivity contribution in [2.45, 2.75) is 13.8 Å². The van der Waals surface area contributed by atoms with Crippen molar-refractivity contribution in [2.24, 2.45) is 7.05 Å². The van der Waals surface area contributed by atoms with E-state index >= 15 is 0 Å². The fourth-order valence-electron chi connectivity index (χ4n) is 2.66. The van der Waals surface area contributed by atoms with E-state index < -0.39 is 5.97 Å². The van der Waals surface area contributed by atoms with E-state index in [4.69, 9.17) is 0 Å². The quantitative estimate of drug-likeness (QED) is 0.804. The minimum Gasteiger partial charge on any atom is -0.478 e. The van der Waals surface area contributed by atoms with Crippen LogP contribution in [0.1, 0.15) is 33.0 Å². The summed E-state index contributed by atoms with van der Waals surface area (Å²) in [4.78, 5) is 16.0. The maximum atomic E-state index is 11.5. The molecule has 0 unspecified atom stereocenters. The number of hydrogen-bond donors (Lipinski definition) is 1. The van der Waals surface area contributed by atoms with Crippen molar-refractivity contribution in [1.29, 1.82) is 0 Å². The highest BCUT2D eigenvalue weighted by Crippen LogP contribution is 2.21. The van der Waals surface area contributed by atoms with Gasteiger partial charge in [0, 0.05) is 23.7 Å². The van der Waals surface area contributed by atoms with Crippen LogP contribution in [0.4, 0.5) is 0 Å². The number of benzene rings is 1. The van der Waals surface area contributed by atoms with Crippen LogP contribution in [0, 0.1) is 13.8 Å². The van der Waals surface area contributed by atoms with Gasteiger partial charge in [-0.2, -0.15) is 5.10 Å². The van der Waals surface area contributed by atoms with Crippen LogP contribution in [0.2, 0.25) is 0 Å². The molecule has 5 heteroatoms. The Kier molecular flexibility index (Phi) is 3.70. The summed E-state index contributed by atoms with van der Waals surface area (Å²) in [7, 11) is 1.90. The predicted octanol–water partition coefficient (Wildman–Crippen LogP) is 3.45. The average Bonchev–Trinajstić information content (AvgIpc) is 2.77. The maximum absolute atomic E-state index is 11.5. The highest BCUT2D eigenvalue weighted by molar-refractivity contribution is 6.03. The smallest absolute Gasteiger partial charge is 0.336 e. The second-order valence-electron chi connectivity index (χ2n) is 5.46. The second kappa shape index (κ2) is 5.68. The molecule has 0 spiro atoms. The zero-order valence-corrected chi connectivity index (χ0v) is 13.2. The molecule has 0 saturated heterocycles. The lowest BCUT2D eigenvalue weighted by Crippen LogP contribution is -2.00. The molecule has 116 valence electrons. The Labute approximate surface area is 133 Å². The molecule has 0 bridgehead atoms. The van der Waals surface area contributed by atoms with Gasteiger partial charge in [-0.25, -0.2) is 9.78 Å². The first-order chi connectivity index (χ1) is 11.0. The van der Waals surface area contributed by atoms with Gasteiger partial charge < -0.3 is 5.11 Å². The number of fused-ring (bicyclic) bond motifs is 1. The van der Waals surface area contributed by atoms with Gasteiger partial charge in [0.25, 0.3) is 0 Å². The molecule has 0 amide bonds. The number of aryl methyl sites for hydroxylation is 2. The third kappa shape index (κ3) is 2.73. The molecule has 23 heavy (non-hydrogen) atoms. The zero-order valence-electron chi connectivity index (χ0n) is 13.2. The first kappa shape index (κ1) is 15.0. The van der Waals surface area contributed by atoms with Gasteiger partial charge in [0.05, 0.1) is 22.5 Å². The summed E-state index contributed by atoms with van der Waals surface area (Å²) in [5.41, 5.74) is 4.56. The van der Waals surface area contributed by atoms with Crippen molar-refractivity contribution in [3.63, 3.8) is 0 Å². The van der Waals surface area contributed by atoms with Crippen LogP contribution in [-0.4, -0.2) is 25.8 Å². The van der Waals surface area contributed by atoms with Crippen LogP contribution in [0.5, 0.6) is 0 Å². The number of pyridine rings is 1. The highest BCUT2D eigenvalue weighted by atomic mass is 16.4. The number of hydrogen-bond acceptors (Lipinski definition) is 3. The van der Waals surface area contributed by atoms with E-state index in [1.54, 1.807) is 12.1 Å². The monoisotopic (exact) mass is 307 g/mol. The molecule has 0 radical (unpaired) electrons. The first-order valence-electron chi connectivity index (χ1n) is 7.28. The van der Waals surface area contributed by atoms with Gasteiger partial charge in [-0.3, -0.25) is 4.68 Å². The summed E-state index contributed by atoms with van der Waals surface area (Å²) in [6, 6.07) is 8.86. The fraction of sp³-hybridized carbons (Fsp3) is 0.167. The number of rotatable bonds is 3. The van der Waals surface area contributed by atoms with Crippen LogP contribution in [-0.2, 0) is 7.05 Å². The molecule has 0 aliphatic carbocycles. The number of para-hydroxylation sites is 1. The maximum Gasteiger partial charge on any atom is 0.336 e. The first-order valence-corrected chi connectivity index (χ1v) is 7.28. The minimum absolute atomic E-state index is 0.259. The Morgan fingerprint density at radius 2 is 1.96 bits per heavy atom. The molecule has 5 nitrogen and oxygen atoms in total. The van der Waals surface area contributed by atoms with Gasteiger partial charge in [-0.15, -0.1) is 0 Å². The number of nitrogens with zero attached hydrogens (tertiary/aromatic N) is 3. The largest absolute Gasteiger partial charge is 0.478 e. The molecule has 3 rings (SSSR count). The molecule has 0 aliphatic heterocycles. The molecule has 2 aromatic heterocycles. The molecule has 1 N–H and O–H groups in total. The number of aromatic nitrogens is 3. The van der Waals surface area contributed by atoms with Crippen LogP contribution in [0.25, 0.3) is 23.1 Å². The molecule has 2 heterocycles. The summed E-state index contributed by atoms with van der Waals surface area (Å²) in [5.74, 6) is -0.952. The normalized spacial score (nSPS) is 11.4. The van der Waals surface area contributed by atoms with Crippen molar-refractivity contribution >= 4 is 29.0 Å². The van der Waals surface area contributed by atoms with Crippen LogP contribution < -0.4 is 0 Å². The highest BCUT2D eigenvalue weighted by Gasteiger charge is 2.11. The lowest BCUT2D eigenvalue weighted by molar-refractivity contribution is 0.0699. The average molecular weight is 307 g/mol. The summed E-state index contributed by atoms with van der Waals surface area (Å²) in [6.07, 6.45) is 3.76. The van der Waals surface area contributed by atoms with Crippen molar-refractivity contribution < 1.29 is 9.90 Å². The van der Waals surface area contributed by atoms with Crippen LogP contribution in [0.15, 0.2) is 30.3 Å². The number of carbonyl (C=O) groups is 1. The standard InChI is InChI=1S/C18H17N3O2/c1-11-14(12(2)21(3)20-11)9-8-13-10-16(18(22)23)15-6-4-5-7-17(15)19-13/h4-10H,1-3H3,(H,22,23). The number of carboxylic acids is 1. The summed E-state index contributed by atoms with van der Waals surface area (Å²) in [5, 5.41) is 14.4. The van der Waals surface area contributed by atoms with E-state index in [-0.39, 0.29) is 5.56 Å². The minimum atomic E-state index is -0.952. The summed E-state index contributed by atoms with van der Waals surface area (Å²) < 4.78 is 1.82. The molecular weight excluding hydrogens is 290 g/mol. The molecule has 0 fully saturated rings. The van der Waals surface area contributed by atoms with Crippen LogP contribution in [0.3, 0.4) is 0 Å². The third-order valence-corrected chi connectivity index (χ3v) is 3.95. The van der Waals surface area contributed by atoms with Gasteiger partial charge in [0.15, 0.2) is 0 Å². The van der Waals surface area contributed by atoms with E-state index in [0.29, 0.717) is 16.6 Å². The Hall–Kier alpha value is -2.95. The van der Waals surface area contributed by atoms with Gasteiger partial charge in [0.1, 0.15) is 0 Å².